The predicted octanol–water partition coefficient (Wildman–Crippen LogP) is 3.61. The summed E-state index contributed by atoms with van der Waals surface area (Å²) in [7, 11) is -3.53. The molecule has 0 fully saturated rings. The lowest BCUT2D eigenvalue weighted by atomic mass is 10.2. The van der Waals surface area contributed by atoms with Crippen LogP contribution in [0.4, 0.5) is 5.69 Å². The van der Waals surface area contributed by atoms with Crippen molar-refractivity contribution >= 4 is 37.1 Å². The van der Waals surface area contributed by atoms with Crippen LogP contribution in [0.2, 0.25) is 0 Å². The molecule has 0 aliphatic heterocycles. The SMILES string of the molecule is N#CC(C#N)=CNc1ccc2nc(S(=O)(=O)Cc3ccccc3)sc2c1. The van der Waals surface area contributed by atoms with Crippen LogP contribution in [0.1, 0.15) is 5.56 Å². The van der Waals surface area contributed by atoms with Gasteiger partial charge in [-0.15, -0.1) is 11.3 Å². The number of anilines is 1. The predicted molar refractivity (Wildman–Crippen MR) is 99.9 cm³/mol. The summed E-state index contributed by atoms with van der Waals surface area (Å²) >= 11 is 1.09. The molecule has 0 aliphatic carbocycles. The monoisotopic (exact) mass is 380 g/mol. The molecule has 3 rings (SSSR count). The zero-order valence-corrected chi connectivity index (χ0v) is 15.0. The number of nitriles is 2. The van der Waals surface area contributed by atoms with Gasteiger partial charge < -0.3 is 5.32 Å². The molecule has 0 radical (unpaired) electrons. The Morgan fingerprint density at radius 1 is 1.15 bits per heavy atom. The Kier molecular flexibility index (Phi) is 4.99. The van der Waals surface area contributed by atoms with Crippen molar-refractivity contribution in [3.63, 3.8) is 0 Å². The van der Waals surface area contributed by atoms with Crippen molar-refractivity contribution in [1.29, 1.82) is 10.5 Å². The summed E-state index contributed by atoms with van der Waals surface area (Å²) in [5.41, 5.74) is 1.87. The van der Waals surface area contributed by atoms with Crippen molar-refractivity contribution in [1.82, 2.24) is 4.98 Å². The van der Waals surface area contributed by atoms with Crippen LogP contribution in [0.15, 0.2) is 64.6 Å². The maximum Gasteiger partial charge on any atom is 0.210 e. The molecule has 0 saturated heterocycles. The molecule has 1 heterocycles. The number of hydrogen-bond donors (Lipinski definition) is 1. The van der Waals surface area contributed by atoms with Crippen molar-refractivity contribution in [2.24, 2.45) is 0 Å². The van der Waals surface area contributed by atoms with Crippen molar-refractivity contribution in [3.05, 3.63) is 65.9 Å². The maximum absolute atomic E-state index is 12.6. The summed E-state index contributed by atoms with van der Waals surface area (Å²) in [6, 6.07) is 17.6. The molecular formula is C18H12N4O2S2. The van der Waals surface area contributed by atoms with Crippen molar-refractivity contribution in [2.45, 2.75) is 10.1 Å². The van der Waals surface area contributed by atoms with Gasteiger partial charge in [0.1, 0.15) is 17.7 Å². The standard InChI is InChI=1S/C18H12N4O2S2/c19-9-14(10-20)11-21-15-6-7-16-17(8-15)25-18(22-16)26(23,24)12-13-4-2-1-3-5-13/h1-8,11,21H,12H2. The van der Waals surface area contributed by atoms with Crippen molar-refractivity contribution in [2.75, 3.05) is 5.32 Å². The molecule has 128 valence electrons. The number of aromatic nitrogens is 1. The molecule has 0 amide bonds. The molecule has 0 atom stereocenters. The second-order valence-electron chi connectivity index (χ2n) is 5.33. The van der Waals surface area contributed by atoms with E-state index in [1.807, 2.05) is 6.07 Å². The minimum Gasteiger partial charge on any atom is -0.360 e. The molecule has 8 heteroatoms. The van der Waals surface area contributed by atoms with Crippen LogP contribution in [-0.4, -0.2) is 13.4 Å². The first-order chi connectivity index (χ1) is 12.5. The summed E-state index contributed by atoms with van der Waals surface area (Å²) in [6.45, 7) is 0. The van der Waals surface area contributed by atoms with Gasteiger partial charge in [0, 0.05) is 11.9 Å². The summed E-state index contributed by atoms with van der Waals surface area (Å²) in [5, 5.41) is 20.3. The van der Waals surface area contributed by atoms with Gasteiger partial charge >= 0.3 is 0 Å². The van der Waals surface area contributed by atoms with Crippen LogP contribution in [0.25, 0.3) is 10.2 Å². The number of rotatable bonds is 5. The first-order valence-corrected chi connectivity index (χ1v) is 9.93. The van der Waals surface area contributed by atoms with Gasteiger partial charge in [-0.05, 0) is 23.8 Å². The summed E-state index contributed by atoms with van der Waals surface area (Å²) in [6.07, 6.45) is 1.30. The lowest BCUT2D eigenvalue weighted by Gasteiger charge is -2.00. The Bertz CT molecular complexity index is 1150. The van der Waals surface area contributed by atoms with Crippen LogP contribution in [-0.2, 0) is 15.6 Å². The Morgan fingerprint density at radius 3 is 2.58 bits per heavy atom. The van der Waals surface area contributed by atoms with Gasteiger partial charge in [-0.2, -0.15) is 10.5 Å². The molecule has 0 saturated carbocycles. The second-order valence-corrected chi connectivity index (χ2v) is 8.53. The van der Waals surface area contributed by atoms with Crippen LogP contribution >= 0.6 is 11.3 Å². The van der Waals surface area contributed by atoms with E-state index in [1.54, 1.807) is 54.6 Å². The van der Waals surface area contributed by atoms with E-state index < -0.39 is 9.84 Å². The number of sulfone groups is 1. The fourth-order valence-corrected chi connectivity index (χ4v) is 4.91. The number of hydrogen-bond acceptors (Lipinski definition) is 7. The zero-order valence-electron chi connectivity index (χ0n) is 13.4. The lowest BCUT2D eigenvalue weighted by molar-refractivity contribution is 0.594. The summed E-state index contributed by atoms with van der Waals surface area (Å²) in [4.78, 5) is 4.23. The number of thiazole rings is 1. The van der Waals surface area contributed by atoms with E-state index in [2.05, 4.69) is 10.3 Å². The van der Waals surface area contributed by atoms with E-state index >= 15 is 0 Å². The van der Waals surface area contributed by atoms with E-state index in [9.17, 15) is 8.42 Å². The molecule has 2 aromatic carbocycles. The van der Waals surface area contributed by atoms with Gasteiger partial charge in [-0.25, -0.2) is 13.4 Å². The third kappa shape index (κ3) is 3.89. The molecule has 0 spiro atoms. The largest absolute Gasteiger partial charge is 0.360 e. The van der Waals surface area contributed by atoms with E-state index in [1.165, 1.54) is 6.20 Å². The number of nitrogens with one attached hydrogen (secondary N) is 1. The highest BCUT2D eigenvalue weighted by molar-refractivity contribution is 7.92. The first kappa shape index (κ1) is 17.6. The van der Waals surface area contributed by atoms with Gasteiger partial charge in [-0.3, -0.25) is 0 Å². The van der Waals surface area contributed by atoms with Gasteiger partial charge in [0.05, 0.1) is 16.0 Å². The summed E-state index contributed by atoms with van der Waals surface area (Å²) < 4.78 is 26.0. The van der Waals surface area contributed by atoms with E-state index in [0.29, 0.717) is 21.5 Å². The number of nitrogens with zero attached hydrogens (tertiary/aromatic N) is 3. The van der Waals surface area contributed by atoms with Gasteiger partial charge in [-0.1, -0.05) is 30.3 Å². The number of fused-ring (bicyclic) bond motifs is 1. The molecule has 3 aromatic rings. The Balaban J connectivity index is 1.89. The smallest absolute Gasteiger partial charge is 0.210 e. The molecule has 1 aromatic heterocycles. The molecule has 0 aliphatic rings. The zero-order chi connectivity index (χ0) is 18.6. The van der Waals surface area contributed by atoms with Crippen molar-refractivity contribution in [3.8, 4) is 12.1 Å². The normalized spacial score (nSPS) is 10.7. The molecule has 0 bridgehead atoms. The maximum atomic E-state index is 12.6. The van der Waals surface area contributed by atoms with Crippen LogP contribution in [0.3, 0.4) is 0 Å². The Morgan fingerprint density at radius 2 is 1.88 bits per heavy atom. The lowest BCUT2D eigenvalue weighted by Crippen LogP contribution is -2.04. The van der Waals surface area contributed by atoms with Crippen molar-refractivity contribution < 1.29 is 8.42 Å². The molecule has 1 N–H and O–H groups in total. The minimum absolute atomic E-state index is 0.0551. The first-order valence-electron chi connectivity index (χ1n) is 7.46. The number of benzene rings is 2. The molecular weight excluding hydrogens is 368 g/mol. The molecule has 0 unspecified atom stereocenters. The summed E-state index contributed by atoms with van der Waals surface area (Å²) in [5.74, 6) is -0.102. The van der Waals surface area contributed by atoms with Crippen LogP contribution in [0, 0.1) is 22.7 Å². The van der Waals surface area contributed by atoms with Crippen LogP contribution < -0.4 is 5.32 Å². The third-order valence-corrected chi connectivity index (χ3v) is 6.62. The second kappa shape index (κ2) is 7.36. The highest BCUT2D eigenvalue weighted by Gasteiger charge is 2.20. The highest BCUT2D eigenvalue weighted by Crippen LogP contribution is 2.29. The number of allylic oxidation sites excluding steroid dienone is 1. The molecule has 26 heavy (non-hydrogen) atoms. The van der Waals surface area contributed by atoms with Gasteiger partial charge in [0.2, 0.25) is 14.2 Å². The fraction of sp³-hybridized carbons (Fsp3) is 0.0556. The van der Waals surface area contributed by atoms with Gasteiger partial charge in [0.25, 0.3) is 0 Å². The minimum atomic E-state index is -3.53. The van der Waals surface area contributed by atoms with Gasteiger partial charge in [0.15, 0.2) is 0 Å². The topological polar surface area (TPSA) is 107 Å². The average Bonchev–Trinajstić information content (AvgIpc) is 3.07. The van der Waals surface area contributed by atoms with E-state index in [-0.39, 0.29) is 15.7 Å². The quantitative estimate of drug-likeness (QED) is 0.678. The molecule has 6 nitrogen and oxygen atoms in total. The highest BCUT2D eigenvalue weighted by atomic mass is 32.2. The van der Waals surface area contributed by atoms with Crippen LogP contribution in [0.5, 0.6) is 0 Å². The fourth-order valence-electron chi connectivity index (χ4n) is 2.23. The Labute approximate surface area is 154 Å². The van der Waals surface area contributed by atoms with E-state index in [4.69, 9.17) is 10.5 Å². The van der Waals surface area contributed by atoms with E-state index in [0.717, 1.165) is 11.3 Å². The third-order valence-electron chi connectivity index (χ3n) is 3.46. The Hall–Kier alpha value is -3.20. The average molecular weight is 380 g/mol.